The molecule has 162 valence electrons. The Morgan fingerprint density at radius 3 is 2.53 bits per heavy atom. The highest BCUT2D eigenvalue weighted by Gasteiger charge is 2.24. The lowest BCUT2D eigenvalue weighted by Crippen LogP contribution is -2.41. The number of allylic oxidation sites excluding steroid dienone is 1. The molecule has 1 aromatic rings. The molecule has 3 rings (SSSR count). The van der Waals surface area contributed by atoms with Gasteiger partial charge in [0.15, 0.2) is 0 Å². The summed E-state index contributed by atoms with van der Waals surface area (Å²) in [6.45, 7) is 3.31. The predicted octanol–water partition coefficient (Wildman–Crippen LogP) is 3.72. The number of nitrogens with zero attached hydrogens (tertiary/aromatic N) is 1. The molecule has 0 radical (unpaired) electrons. The normalized spacial score (nSPS) is 18.4. The van der Waals surface area contributed by atoms with Crippen LogP contribution < -0.4 is 10.1 Å². The SMILES string of the molecule is CC(=O)Oc1cccc(C(=O)N2CCC(CNC(=O)/C=C/C3CCCCC3)CC2)c1. The van der Waals surface area contributed by atoms with Gasteiger partial charge in [0, 0.05) is 32.1 Å². The van der Waals surface area contributed by atoms with E-state index in [2.05, 4.69) is 11.4 Å². The number of nitrogens with one attached hydrogen (secondary N) is 1. The first kappa shape index (κ1) is 22.1. The minimum Gasteiger partial charge on any atom is -0.427 e. The fourth-order valence-electron chi connectivity index (χ4n) is 4.24. The molecule has 2 fully saturated rings. The zero-order valence-electron chi connectivity index (χ0n) is 17.8. The first-order valence-corrected chi connectivity index (χ1v) is 11.0. The van der Waals surface area contributed by atoms with Crippen LogP contribution in [0.1, 0.15) is 62.2 Å². The van der Waals surface area contributed by atoms with Crippen molar-refractivity contribution in [3.63, 3.8) is 0 Å². The number of esters is 1. The van der Waals surface area contributed by atoms with Crippen molar-refractivity contribution in [3.05, 3.63) is 42.0 Å². The molecule has 2 aliphatic rings. The number of rotatable bonds is 6. The zero-order valence-corrected chi connectivity index (χ0v) is 17.8. The average Bonchev–Trinajstić information content (AvgIpc) is 2.76. The van der Waals surface area contributed by atoms with E-state index >= 15 is 0 Å². The molecule has 1 saturated carbocycles. The summed E-state index contributed by atoms with van der Waals surface area (Å²) >= 11 is 0. The quantitative estimate of drug-likeness (QED) is 0.439. The summed E-state index contributed by atoms with van der Waals surface area (Å²) < 4.78 is 5.07. The molecule has 2 amide bonds. The molecule has 0 bridgehead atoms. The number of carbonyl (C=O) groups excluding carboxylic acids is 3. The second-order valence-corrected chi connectivity index (χ2v) is 8.36. The van der Waals surface area contributed by atoms with E-state index in [0.29, 0.717) is 42.8 Å². The number of piperidine rings is 1. The van der Waals surface area contributed by atoms with E-state index in [9.17, 15) is 14.4 Å². The van der Waals surface area contributed by atoms with E-state index in [1.165, 1.54) is 39.0 Å². The van der Waals surface area contributed by atoms with E-state index in [-0.39, 0.29) is 11.8 Å². The molecule has 1 N–H and O–H groups in total. The zero-order chi connectivity index (χ0) is 21.3. The molecule has 6 nitrogen and oxygen atoms in total. The second-order valence-electron chi connectivity index (χ2n) is 8.36. The lowest BCUT2D eigenvalue weighted by atomic mass is 9.89. The van der Waals surface area contributed by atoms with Crippen LogP contribution in [0.4, 0.5) is 0 Å². The minimum absolute atomic E-state index is 0.0126. The number of likely N-dealkylation sites (tertiary alicyclic amines) is 1. The second kappa shape index (κ2) is 11.0. The number of amides is 2. The highest BCUT2D eigenvalue weighted by Crippen LogP contribution is 2.24. The number of hydrogen-bond acceptors (Lipinski definition) is 4. The van der Waals surface area contributed by atoms with Crippen molar-refractivity contribution in [2.24, 2.45) is 11.8 Å². The fraction of sp³-hybridized carbons (Fsp3) is 0.542. The molecule has 0 unspecified atom stereocenters. The molecule has 0 aromatic heterocycles. The van der Waals surface area contributed by atoms with Crippen LogP contribution in [0.2, 0.25) is 0 Å². The van der Waals surface area contributed by atoms with Crippen molar-refractivity contribution in [3.8, 4) is 5.75 Å². The maximum absolute atomic E-state index is 12.8. The van der Waals surface area contributed by atoms with Crippen molar-refractivity contribution in [1.82, 2.24) is 10.2 Å². The van der Waals surface area contributed by atoms with Gasteiger partial charge >= 0.3 is 5.97 Å². The van der Waals surface area contributed by atoms with E-state index in [1.54, 1.807) is 30.3 Å². The molecule has 6 heteroatoms. The van der Waals surface area contributed by atoms with E-state index in [0.717, 1.165) is 12.8 Å². The Bertz CT molecular complexity index is 775. The highest BCUT2D eigenvalue weighted by atomic mass is 16.5. The monoisotopic (exact) mass is 412 g/mol. The molecule has 0 spiro atoms. The molecule has 1 heterocycles. The molecule has 30 heavy (non-hydrogen) atoms. The number of hydrogen-bond donors (Lipinski definition) is 1. The Balaban J connectivity index is 1.41. The third-order valence-electron chi connectivity index (χ3n) is 5.98. The summed E-state index contributed by atoms with van der Waals surface area (Å²) in [6, 6.07) is 6.72. The van der Waals surface area contributed by atoms with Crippen LogP contribution in [0.3, 0.4) is 0 Å². The Kier molecular flexibility index (Phi) is 8.05. The van der Waals surface area contributed by atoms with Crippen LogP contribution in [0, 0.1) is 11.8 Å². The molecule has 1 aliphatic heterocycles. The summed E-state index contributed by atoms with van der Waals surface area (Å²) in [5.74, 6) is 0.845. The number of ether oxygens (including phenoxy) is 1. The first-order chi connectivity index (χ1) is 14.5. The van der Waals surface area contributed by atoms with Gasteiger partial charge in [0.25, 0.3) is 5.91 Å². The summed E-state index contributed by atoms with van der Waals surface area (Å²) in [5.41, 5.74) is 0.522. The number of carbonyl (C=O) groups is 3. The topological polar surface area (TPSA) is 75.7 Å². The largest absolute Gasteiger partial charge is 0.427 e. The molecule has 1 saturated heterocycles. The lowest BCUT2D eigenvalue weighted by molar-refractivity contribution is -0.131. The minimum atomic E-state index is -0.406. The van der Waals surface area contributed by atoms with E-state index in [4.69, 9.17) is 4.74 Å². The van der Waals surface area contributed by atoms with Crippen molar-refractivity contribution in [2.45, 2.75) is 51.9 Å². The third kappa shape index (κ3) is 6.71. The van der Waals surface area contributed by atoms with Gasteiger partial charge in [0.05, 0.1) is 0 Å². The Hall–Kier alpha value is -2.63. The number of benzene rings is 1. The smallest absolute Gasteiger partial charge is 0.308 e. The van der Waals surface area contributed by atoms with Gasteiger partial charge in [-0.25, -0.2) is 0 Å². The van der Waals surface area contributed by atoms with Crippen molar-refractivity contribution >= 4 is 17.8 Å². The van der Waals surface area contributed by atoms with Crippen LogP contribution in [0.5, 0.6) is 5.75 Å². The van der Waals surface area contributed by atoms with Crippen LogP contribution in [0.15, 0.2) is 36.4 Å². The van der Waals surface area contributed by atoms with Crippen molar-refractivity contribution in [1.29, 1.82) is 0 Å². The van der Waals surface area contributed by atoms with Crippen LogP contribution in [-0.2, 0) is 9.59 Å². The molecular weight excluding hydrogens is 380 g/mol. The van der Waals surface area contributed by atoms with Gasteiger partial charge in [-0.1, -0.05) is 31.4 Å². The van der Waals surface area contributed by atoms with Crippen LogP contribution in [0.25, 0.3) is 0 Å². The van der Waals surface area contributed by atoms with Crippen LogP contribution >= 0.6 is 0 Å². The van der Waals surface area contributed by atoms with Gasteiger partial charge in [0.2, 0.25) is 5.91 Å². The summed E-state index contributed by atoms with van der Waals surface area (Å²) in [6.07, 6.45) is 11.7. The molecule has 0 atom stereocenters. The lowest BCUT2D eigenvalue weighted by Gasteiger charge is -2.32. The summed E-state index contributed by atoms with van der Waals surface area (Å²) in [7, 11) is 0. The maximum Gasteiger partial charge on any atom is 0.308 e. The van der Waals surface area contributed by atoms with Gasteiger partial charge in [-0.05, 0) is 61.8 Å². The maximum atomic E-state index is 12.8. The highest BCUT2D eigenvalue weighted by molar-refractivity contribution is 5.94. The Labute approximate surface area is 178 Å². The van der Waals surface area contributed by atoms with Crippen molar-refractivity contribution < 1.29 is 19.1 Å². The van der Waals surface area contributed by atoms with Gasteiger partial charge < -0.3 is 15.0 Å². The summed E-state index contributed by atoms with van der Waals surface area (Å²) in [4.78, 5) is 37.8. The third-order valence-corrected chi connectivity index (χ3v) is 5.98. The summed E-state index contributed by atoms with van der Waals surface area (Å²) in [5, 5.41) is 3.02. The van der Waals surface area contributed by atoms with E-state index < -0.39 is 5.97 Å². The fourth-order valence-corrected chi connectivity index (χ4v) is 4.24. The Morgan fingerprint density at radius 2 is 1.83 bits per heavy atom. The van der Waals surface area contributed by atoms with Gasteiger partial charge in [-0.2, -0.15) is 0 Å². The van der Waals surface area contributed by atoms with Crippen LogP contribution in [-0.4, -0.2) is 42.3 Å². The van der Waals surface area contributed by atoms with Gasteiger partial charge in [-0.3, -0.25) is 14.4 Å². The van der Waals surface area contributed by atoms with E-state index in [1.807, 2.05) is 4.90 Å². The predicted molar refractivity (Wildman–Crippen MR) is 115 cm³/mol. The average molecular weight is 413 g/mol. The van der Waals surface area contributed by atoms with Crippen molar-refractivity contribution in [2.75, 3.05) is 19.6 Å². The molecule has 1 aliphatic carbocycles. The van der Waals surface area contributed by atoms with Gasteiger partial charge in [0.1, 0.15) is 5.75 Å². The standard InChI is InChI=1S/C24H32N2O4/c1-18(27)30-22-9-5-8-21(16-22)24(29)26-14-12-20(13-15-26)17-25-23(28)11-10-19-6-3-2-4-7-19/h5,8-11,16,19-20H,2-4,6-7,12-15,17H2,1H3,(H,25,28)/b11-10+. The Morgan fingerprint density at radius 1 is 1.10 bits per heavy atom. The first-order valence-electron chi connectivity index (χ1n) is 11.0. The molecular formula is C24H32N2O4. The van der Waals surface area contributed by atoms with Gasteiger partial charge in [-0.15, -0.1) is 0 Å². The molecule has 1 aromatic carbocycles.